The van der Waals surface area contributed by atoms with Gasteiger partial charge in [0.15, 0.2) is 5.78 Å². The summed E-state index contributed by atoms with van der Waals surface area (Å²) < 4.78 is 4.85. The van der Waals surface area contributed by atoms with Crippen molar-refractivity contribution in [3.63, 3.8) is 0 Å². The molecule has 2 aliphatic rings. The highest BCUT2D eigenvalue weighted by Gasteiger charge is 2.37. The van der Waals surface area contributed by atoms with Crippen molar-refractivity contribution < 1.29 is 14.3 Å². The van der Waals surface area contributed by atoms with Crippen LogP contribution >= 0.6 is 23.1 Å². The zero-order valence-electron chi connectivity index (χ0n) is 10.8. The maximum absolute atomic E-state index is 12.3. The van der Waals surface area contributed by atoms with Crippen molar-refractivity contribution >= 4 is 34.9 Å². The molecule has 0 saturated carbocycles. The lowest BCUT2D eigenvalue weighted by Gasteiger charge is -2.30. The van der Waals surface area contributed by atoms with Gasteiger partial charge in [0.25, 0.3) is 0 Å². The van der Waals surface area contributed by atoms with Gasteiger partial charge in [0.05, 0.1) is 23.6 Å². The Hall–Kier alpha value is -1.53. The molecular formula is C14H13NO3S2. The van der Waals surface area contributed by atoms with Gasteiger partial charge in [-0.25, -0.2) is 4.79 Å². The summed E-state index contributed by atoms with van der Waals surface area (Å²) in [5.41, 5.74) is 1.19. The van der Waals surface area contributed by atoms with E-state index in [4.69, 9.17) is 4.74 Å². The molecular weight excluding hydrogens is 294 g/mol. The Morgan fingerprint density at radius 2 is 2.35 bits per heavy atom. The third kappa shape index (κ3) is 2.19. The van der Waals surface area contributed by atoms with Crippen LogP contribution in [0.1, 0.15) is 17.2 Å². The molecule has 0 unspecified atom stereocenters. The first-order valence-corrected chi connectivity index (χ1v) is 8.07. The Labute approximate surface area is 124 Å². The molecule has 6 heteroatoms. The van der Waals surface area contributed by atoms with Gasteiger partial charge in [0.1, 0.15) is 0 Å². The van der Waals surface area contributed by atoms with E-state index in [-0.39, 0.29) is 11.7 Å². The fourth-order valence-electron chi connectivity index (χ4n) is 2.42. The lowest BCUT2D eigenvalue weighted by Crippen LogP contribution is -2.30. The number of thioether (sulfide) groups is 1. The van der Waals surface area contributed by atoms with Crippen LogP contribution in [0, 0.1) is 0 Å². The van der Waals surface area contributed by atoms with E-state index >= 15 is 0 Å². The number of rotatable bonds is 2. The zero-order valence-corrected chi connectivity index (χ0v) is 12.5. The van der Waals surface area contributed by atoms with E-state index in [1.165, 1.54) is 7.11 Å². The molecule has 20 heavy (non-hydrogen) atoms. The standard InChI is InChI=1S/C14H13NO3S2/c1-18-14(17)8-7-15-13-12(9(16)4-6-20-13)11(8)10-3-2-5-19-10/h2-3,5,7,11,15H,4,6H2,1H3/t11-/m0/s1. The summed E-state index contributed by atoms with van der Waals surface area (Å²) in [6.07, 6.45) is 2.18. The highest BCUT2D eigenvalue weighted by Crippen LogP contribution is 2.43. The number of nitrogens with one attached hydrogen (secondary N) is 1. The average Bonchev–Trinajstić information content (AvgIpc) is 2.99. The van der Waals surface area contributed by atoms with Gasteiger partial charge in [0.2, 0.25) is 0 Å². The summed E-state index contributed by atoms with van der Waals surface area (Å²) in [5, 5.41) is 5.89. The van der Waals surface area contributed by atoms with Crippen molar-refractivity contribution in [2.24, 2.45) is 0 Å². The first-order chi connectivity index (χ1) is 9.72. The molecule has 1 aromatic heterocycles. The van der Waals surface area contributed by atoms with Crippen LogP contribution in [0.2, 0.25) is 0 Å². The number of ether oxygens (including phenoxy) is 1. The van der Waals surface area contributed by atoms with E-state index in [1.54, 1.807) is 29.3 Å². The summed E-state index contributed by atoms with van der Waals surface area (Å²) >= 11 is 3.18. The van der Waals surface area contributed by atoms with Crippen LogP contribution < -0.4 is 5.32 Å². The molecule has 0 amide bonds. The Morgan fingerprint density at radius 1 is 1.50 bits per heavy atom. The maximum Gasteiger partial charge on any atom is 0.336 e. The number of hydrogen-bond acceptors (Lipinski definition) is 6. The lowest BCUT2D eigenvalue weighted by molar-refractivity contribution is -0.136. The molecule has 0 saturated heterocycles. The molecule has 3 heterocycles. The first kappa shape index (κ1) is 13.5. The van der Waals surface area contributed by atoms with Gasteiger partial charge in [-0.05, 0) is 11.4 Å². The zero-order chi connectivity index (χ0) is 14.1. The molecule has 3 rings (SSSR count). The number of Topliss-reactive ketones (excluding diaryl/α,β-unsaturated/α-hetero) is 1. The van der Waals surface area contributed by atoms with Crippen LogP contribution in [-0.2, 0) is 14.3 Å². The van der Waals surface area contributed by atoms with Crippen molar-refractivity contribution in [3.8, 4) is 0 Å². The summed E-state index contributed by atoms with van der Waals surface area (Å²) in [7, 11) is 1.36. The predicted molar refractivity (Wildman–Crippen MR) is 79.4 cm³/mol. The predicted octanol–water partition coefficient (Wildman–Crippen LogP) is 2.41. The van der Waals surface area contributed by atoms with Gasteiger partial charge in [-0.3, -0.25) is 4.79 Å². The number of carbonyl (C=O) groups is 2. The first-order valence-electron chi connectivity index (χ1n) is 6.21. The molecule has 0 aromatic carbocycles. The number of allylic oxidation sites excluding steroid dienone is 1. The molecule has 2 aliphatic heterocycles. The average molecular weight is 307 g/mol. The molecule has 0 radical (unpaired) electrons. The number of methoxy groups -OCH3 is 1. The molecule has 4 nitrogen and oxygen atoms in total. The van der Waals surface area contributed by atoms with E-state index in [9.17, 15) is 9.59 Å². The smallest absolute Gasteiger partial charge is 0.336 e. The Balaban J connectivity index is 2.10. The van der Waals surface area contributed by atoms with Gasteiger partial charge in [-0.15, -0.1) is 23.1 Å². The molecule has 1 atom stereocenters. The third-order valence-electron chi connectivity index (χ3n) is 3.33. The number of thiophene rings is 1. The normalized spacial score (nSPS) is 21.9. The van der Waals surface area contributed by atoms with Crippen LogP contribution in [0.4, 0.5) is 0 Å². The molecule has 0 bridgehead atoms. The number of hydrogen-bond donors (Lipinski definition) is 1. The minimum Gasteiger partial charge on any atom is -0.466 e. The van der Waals surface area contributed by atoms with Gasteiger partial charge < -0.3 is 10.1 Å². The Morgan fingerprint density at radius 3 is 3.05 bits per heavy atom. The second-order valence-electron chi connectivity index (χ2n) is 4.45. The maximum atomic E-state index is 12.3. The summed E-state index contributed by atoms with van der Waals surface area (Å²) in [4.78, 5) is 25.3. The number of carbonyl (C=O) groups excluding carboxylic acids is 2. The topological polar surface area (TPSA) is 55.4 Å². The third-order valence-corrected chi connectivity index (χ3v) is 5.30. The van der Waals surface area contributed by atoms with E-state index in [0.29, 0.717) is 17.6 Å². The van der Waals surface area contributed by atoms with Gasteiger partial charge >= 0.3 is 5.97 Å². The molecule has 0 aliphatic carbocycles. The van der Waals surface area contributed by atoms with Crippen LogP contribution in [0.3, 0.4) is 0 Å². The van der Waals surface area contributed by atoms with E-state index < -0.39 is 5.97 Å². The van der Waals surface area contributed by atoms with Crippen LogP contribution in [0.15, 0.2) is 39.9 Å². The van der Waals surface area contributed by atoms with Crippen molar-refractivity contribution in [1.82, 2.24) is 5.32 Å². The number of dihydropyridines is 1. The van der Waals surface area contributed by atoms with Crippen LogP contribution in [0.25, 0.3) is 0 Å². The van der Waals surface area contributed by atoms with Crippen molar-refractivity contribution in [2.45, 2.75) is 12.3 Å². The number of esters is 1. The van der Waals surface area contributed by atoms with Gasteiger partial charge in [-0.2, -0.15) is 0 Å². The number of ketones is 1. The van der Waals surface area contributed by atoms with E-state index in [0.717, 1.165) is 15.7 Å². The van der Waals surface area contributed by atoms with Crippen molar-refractivity contribution in [2.75, 3.05) is 12.9 Å². The minimum absolute atomic E-state index is 0.110. The fraction of sp³-hybridized carbons (Fsp3) is 0.286. The summed E-state index contributed by atoms with van der Waals surface area (Å²) in [6.45, 7) is 0. The lowest BCUT2D eigenvalue weighted by atomic mass is 9.85. The largest absolute Gasteiger partial charge is 0.466 e. The van der Waals surface area contributed by atoms with E-state index in [1.807, 2.05) is 17.5 Å². The molecule has 0 fully saturated rings. The summed E-state index contributed by atoms with van der Waals surface area (Å²) in [5.74, 6) is 0.187. The second-order valence-corrected chi connectivity index (χ2v) is 6.53. The van der Waals surface area contributed by atoms with Crippen LogP contribution in [-0.4, -0.2) is 24.6 Å². The van der Waals surface area contributed by atoms with Crippen molar-refractivity contribution in [1.29, 1.82) is 0 Å². The summed E-state index contributed by atoms with van der Waals surface area (Å²) in [6, 6.07) is 3.88. The van der Waals surface area contributed by atoms with Gasteiger partial charge in [0, 0.05) is 28.8 Å². The quantitative estimate of drug-likeness (QED) is 0.850. The minimum atomic E-state index is -0.397. The Kier molecular flexibility index (Phi) is 3.67. The fourth-order valence-corrected chi connectivity index (χ4v) is 4.30. The molecule has 104 valence electrons. The molecule has 1 N–H and O–H groups in total. The van der Waals surface area contributed by atoms with Crippen LogP contribution in [0.5, 0.6) is 0 Å². The van der Waals surface area contributed by atoms with E-state index in [2.05, 4.69) is 5.32 Å². The second kappa shape index (κ2) is 5.46. The monoisotopic (exact) mass is 307 g/mol. The highest BCUT2D eigenvalue weighted by atomic mass is 32.2. The van der Waals surface area contributed by atoms with Gasteiger partial charge in [-0.1, -0.05) is 6.07 Å². The SMILES string of the molecule is COC(=O)C1=CNC2=C(C(=O)CCS2)[C@@H]1c1cccs1. The highest BCUT2D eigenvalue weighted by molar-refractivity contribution is 8.03. The van der Waals surface area contributed by atoms with Crippen molar-refractivity contribution in [3.05, 3.63) is 44.8 Å². The molecule has 1 aromatic rings. The molecule has 0 spiro atoms. The Bertz CT molecular complexity index is 616.